The number of fused-ring (bicyclic) bond motifs is 1. The minimum absolute atomic E-state index is 0.0563. The van der Waals surface area contributed by atoms with E-state index in [1.54, 1.807) is 37.7 Å². The number of pyridine rings is 1. The van der Waals surface area contributed by atoms with Crippen molar-refractivity contribution in [2.24, 2.45) is 0 Å². The van der Waals surface area contributed by atoms with Crippen molar-refractivity contribution in [3.8, 4) is 5.75 Å². The van der Waals surface area contributed by atoms with Crippen molar-refractivity contribution >= 4 is 17.5 Å². The summed E-state index contributed by atoms with van der Waals surface area (Å²) in [4.78, 5) is 30.6. The zero-order valence-electron chi connectivity index (χ0n) is 16.7. The Bertz CT molecular complexity index is 844. The number of ether oxygens (including phenoxy) is 2. The molecule has 0 bridgehead atoms. The Morgan fingerprint density at radius 2 is 2.03 bits per heavy atom. The van der Waals surface area contributed by atoms with Crippen molar-refractivity contribution in [2.75, 3.05) is 38.8 Å². The van der Waals surface area contributed by atoms with Gasteiger partial charge in [-0.25, -0.2) is 0 Å². The van der Waals surface area contributed by atoms with E-state index in [0.717, 1.165) is 11.3 Å². The maximum atomic E-state index is 12.4. The van der Waals surface area contributed by atoms with Gasteiger partial charge in [-0.2, -0.15) is 0 Å². The fraction of sp³-hybridized carbons (Fsp3) is 0.381. The average Bonchev–Trinajstić information content (AvgIpc) is 2.75. The Hall–Kier alpha value is -3.13. The molecule has 0 unspecified atom stereocenters. The van der Waals surface area contributed by atoms with Gasteiger partial charge in [-0.3, -0.25) is 14.6 Å². The van der Waals surface area contributed by atoms with Gasteiger partial charge in [0.2, 0.25) is 5.91 Å². The number of benzene rings is 1. The number of hydrogen-bond donors (Lipinski definition) is 2. The van der Waals surface area contributed by atoms with Crippen molar-refractivity contribution in [2.45, 2.75) is 19.0 Å². The first-order valence-corrected chi connectivity index (χ1v) is 9.51. The molecular formula is C21H26N4O4. The van der Waals surface area contributed by atoms with Crippen molar-refractivity contribution in [1.29, 1.82) is 0 Å². The number of hydrogen-bond acceptors (Lipinski definition) is 6. The molecule has 3 rings (SSSR count). The Morgan fingerprint density at radius 3 is 2.79 bits per heavy atom. The second-order valence-corrected chi connectivity index (χ2v) is 6.84. The largest absolute Gasteiger partial charge is 0.489 e. The lowest BCUT2D eigenvalue weighted by Crippen LogP contribution is -2.43. The minimum Gasteiger partial charge on any atom is -0.489 e. The number of likely N-dealkylation sites (N-methyl/N-ethyl adjacent to an activating group) is 1. The van der Waals surface area contributed by atoms with Crippen LogP contribution >= 0.6 is 0 Å². The molecule has 1 aromatic heterocycles. The number of nitrogens with one attached hydrogen (secondary N) is 2. The number of nitrogens with zero attached hydrogens (tertiary/aromatic N) is 2. The molecule has 0 aliphatic carbocycles. The standard InChI is InChI=1S/C21H26N4O4/c1-25-17(12-20(26)24-13-15-5-7-22-8-6-15)14-29-19-4-3-16(11-18(19)25)21(27)23-9-10-28-2/h3-8,11,17H,9-10,12-14H2,1-2H3,(H,23,27)(H,24,26)/t17-/m0/s1. The topological polar surface area (TPSA) is 92.8 Å². The molecule has 154 valence electrons. The number of carbonyl (C=O) groups excluding carboxylic acids is 2. The van der Waals surface area contributed by atoms with Crippen molar-refractivity contribution < 1.29 is 19.1 Å². The van der Waals surface area contributed by atoms with Crippen LogP contribution in [0.15, 0.2) is 42.7 Å². The third-order valence-electron chi connectivity index (χ3n) is 4.83. The fourth-order valence-electron chi connectivity index (χ4n) is 3.10. The SMILES string of the molecule is COCCNC(=O)c1ccc2c(c1)N(C)[C@@H](CC(=O)NCc1ccncc1)CO2. The van der Waals surface area contributed by atoms with Gasteiger partial charge in [0.1, 0.15) is 12.4 Å². The van der Waals surface area contributed by atoms with Crippen LogP contribution in [0, 0.1) is 0 Å². The number of carbonyl (C=O) groups is 2. The molecule has 0 radical (unpaired) electrons. The number of anilines is 1. The highest BCUT2D eigenvalue weighted by Gasteiger charge is 2.27. The normalized spacial score (nSPS) is 15.2. The zero-order valence-corrected chi connectivity index (χ0v) is 16.7. The van der Waals surface area contributed by atoms with E-state index in [4.69, 9.17) is 9.47 Å². The summed E-state index contributed by atoms with van der Waals surface area (Å²) in [6, 6.07) is 8.93. The van der Waals surface area contributed by atoms with Crippen LogP contribution in [0.1, 0.15) is 22.3 Å². The van der Waals surface area contributed by atoms with Gasteiger partial charge in [0.05, 0.1) is 24.8 Å². The molecule has 1 atom stereocenters. The van der Waals surface area contributed by atoms with E-state index < -0.39 is 0 Å². The Balaban J connectivity index is 1.60. The summed E-state index contributed by atoms with van der Waals surface area (Å²) in [6.45, 7) is 1.77. The third-order valence-corrected chi connectivity index (χ3v) is 4.83. The van der Waals surface area contributed by atoms with Crippen molar-refractivity contribution in [3.63, 3.8) is 0 Å². The summed E-state index contributed by atoms with van der Waals surface area (Å²) in [5, 5.41) is 5.73. The number of methoxy groups -OCH3 is 1. The molecule has 1 aliphatic heterocycles. The summed E-state index contributed by atoms with van der Waals surface area (Å²) < 4.78 is 10.8. The maximum Gasteiger partial charge on any atom is 0.251 e. The molecule has 8 nitrogen and oxygen atoms in total. The molecule has 1 aliphatic rings. The summed E-state index contributed by atoms with van der Waals surface area (Å²) in [5.74, 6) is 0.476. The predicted molar refractivity (Wildman–Crippen MR) is 109 cm³/mol. The van der Waals surface area contributed by atoms with Crippen LogP contribution in [0.25, 0.3) is 0 Å². The van der Waals surface area contributed by atoms with Gasteiger partial charge in [-0.05, 0) is 35.9 Å². The molecule has 29 heavy (non-hydrogen) atoms. The van der Waals surface area contributed by atoms with Gasteiger partial charge < -0.3 is 25.0 Å². The summed E-state index contributed by atoms with van der Waals surface area (Å²) in [5.41, 5.74) is 2.33. The van der Waals surface area contributed by atoms with Gasteiger partial charge in [0.15, 0.2) is 0 Å². The van der Waals surface area contributed by atoms with Gasteiger partial charge in [-0.1, -0.05) is 0 Å². The maximum absolute atomic E-state index is 12.4. The number of aromatic nitrogens is 1. The first-order valence-electron chi connectivity index (χ1n) is 9.51. The average molecular weight is 398 g/mol. The van der Waals surface area contributed by atoms with Gasteiger partial charge >= 0.3 is 0 Å². The summed E-state index contributed by atoms with van der Waals surface area (Å²) in [7, 11) is 3.50. The third kappa shape index (κ3) is 5.45. The molecular weight excluding hydrogens is 372 g/mol. The van der Waals surface area contributed by atoms with Crippen LogP contribution in [0.3, 0.4) is 0 Å². The van der Waals surface area contributed by atoms with Crippen LogP contribution < -0.4 is 20.3 Å². The second-order valence-electron chi connectivity index (χ2n) is 6.84. The fourth-order valence-corrected chi connectivity index (χ4v) is 3.10. The van der Waals surface area contributed by atoms with E-state index in [9.17, 15) is 9.59 Å². The van der Waals surface area contributed by atoms with E-state index in [1.807, 2.05) is 24.1 Å². The van der Waals surface area contributed by atoms with Gasteiger partial charge in [-0.15, -0.1) is 0 Å². The quantitative estimate of drug-likeness (QED) is 0.653. The van der Waals surface area contributed by atoms with E-state index in [2.05, 4.69) is 15.6 Å². The van der Waals surface area contributed by atoms with E-state index in [1.165, 1.54) is 0 Å². The molecule has 2 heterocycles. The number of rotatable bonds is 8. The highest BCUT2D eigenvalue weighted by Crippen LogP contribution is 2.34. The molecule has 2 N–H and O–H groups in total. The Morgan fingerprint density at radius 1 is 1.24 bits per heavy atom. The van der Waals surface area contributed by atoms with Crippen LogP contribution in [0.4, 0.5) is 5.69 Å². The lowest BCUT2D eigenvalue weighted by Gasteiger charge is -2.35. The molecule has 0 saturated heterocycles. The first-order chi connectivity index (χ1) is 14.1. The lowest BCUT2D eigenvalue weighted by atomic mass is 10.1. The van der Waals surface area contributed by atoms with Crippen LogP contribution in [0.2, 0.25) is 0 Å². The van der Waals surface area contributed by atoms with Crippen molar-refractivity contribution in [1.82, 2.24) is 15.6 Å². The lowest BCUT2D eigenvalue weighted by molar-refractivity contribution is -0.121. The van der Waals surface area contributed by atoms with Gasteiger partial charge in [0.25, 0.3) is 5.91 Å². The van der Waals surface area contributed by atoms with E-state index >= 15 is 0 Å². The molecule has 2 aromatic rings. The molecule has 8 heteroatoms. The monoisotopic (exact) mass is 398 g/mol. The Kier molecular flexibility index (Phi) is 7.02. The van der Waals surface area contributed by atoms with Crippen LogP contribution in [-0.2, 0) is 16.1 Å². The summed E-state index contributed by atoms with van der Waals surface area (Å²) in [6.07, 6.45) is 3.69. The molecule has 0 spiro atoms. The van der Waals surface area contributed by atoms with Crippen molar-refractivity contribution in [3.05, 3.63) is 53.9 Å². The smallest absolute Gasteiger partial charge is 0.251 e. The predicted octanol–water partition coefficient (Wildman–Crippen LogP) is 1.36. The minimum atomic E-state index is -0.171. The second kappa shape index (κ2) is 9.88. The highest BCUT2D eigenvalue weighted by molar-refractivity contribution is 5.95. The Labute approximate surface area is 170 Å². The molecule has 1 aromatic carbocycles. The van der Waals surface area contributed by atoms with E-state index in [0.29, 0.717) is 44.0 Å². The van der Waals surface area contributed by atoms with E-state index in [-0.39, 0.29) is 17.9 Å². The zero-order chi connectivity index (χ0) is 20.6. The van der Waals surface area contributed by atoms with Gasteiger partial charge in [0, 0.05) is 45.2 Å². The first kappa shape index (κ1) is 20.6. The molecule has 2 amide bonds. The van der Waals surface area contributed by atoms with Crippen LogP contribution in [-0.4, -0.2) is 56.8 Å². The van der Waals surface area contributed by atoms with Crippen LogP contribution in [0.5, 0.6) is 5.75 Å². The highest BCUT2D eigenvalue weighted by atomic mass is 16.5. The molecule has 0 fully saturated rings. The summed E-state index contributed by atoms with van der Waals surface area (Å²) >= 11 is 0. The molecule has 0 saturated carbocycles. The number of amides is 2.